The molecule has 1 aromatic heterocycles. The van der Waals surface area contributed by atoms with Crippen LogP contribution in [0.25, 0.3) is 10.9 Å². The number of aromatic nitrogens is 2. The molecule has 1 spiro atoms. The van der Waals surface area contributed by atoms with Gasteiger partial charge in [0.25, 0.3) is 5.56 Å². The molecule has 0 amide bonds. The van der Waals surface area contributed by atoms with E-state index in [1.807, 2.05) is 6.92 Å². The van der Waals surface area contributed by atoms with E-state index in [2.05, 4.69) is 26.6 Å². The van der Waals surface area contributed by atoms with E-state index in [0.717, 1.165) is 38.4 Å². The van der Waals surface area contributed by atoms with Gasteiger partial charge in [0, 0.05) is 29.4 Å². The van der Waals surface area contributed by atoms with Crippen molar-refractivity contribution in [3.05, 3.63) is 45.1 Å². The Kier molecular flexibility index (Phi) is 7.43. The normalized spacial score (nSPS) is 23.5. The molecule has 37 heavy (non-hydrogen) atoms. The first-order valence-electron chi connectivity index (χ1n) is 12.2. The molecule has 2 N–H and O–H groups in total. The molecular weight excluding hydrogens is 519 g/mol. The van der Waals surface area contributed by atoms with Crippen molar-refractivity contribution >= 4 is 46.8 Å². The fourth-order valence-electron chi connectivity index (χ4n) is 5.00. The molecule has 1 aromatic carbocycles. The monoisotopic (exact) mass is 548 g/mol. The van der Waals surface area contributed by atoms with E-state index in [1.165, 1.54) is 22.7 Å². The molecule has 3 fully saturated rings. The van der Waals surface area contributed by atoms with Crippen molar-refractivity contribution in [1.82, 2.24) is 14.5 Å². The second-order valence-electron chi connectivity index (χ2n) is 9.97. The van der Waals surface area contributed by atoms with Crippen molar-refractivity contribution in [2.75, 3.05) is 39.5 Å². The molecule has 0 saturated carbocycles. The first kappa shape index (κ1) is 26.3. The first-order chi connectivity index (χ1) is 17.7. The summed E-state index contributed by atoms with van der Waals surface area (Å²) in [5, 5.41) is 0.995. The van der Waals surface area contributed by atoms with Crippen LogP contribution in [0.15, 0.2) is 49.4 Å². The van der Waals surface area contributed by atoms with Crippen molar-refractivity contribution < 1.29 is 13.9 Å². The standard InChI is InChI=1S/C25H30ClFN6O3S/c1-16(32-7-5-24(6-8-32)12-35-10-19(24)28)30-9-20(29-2)37-18-4-3-17-21(22(18)26)23(34)33(15-31-17)11-25(27)13-36-14-25/h3-4,9,15,19H,2,5-8,10-14,28H2,1H3/b20-9+,30-16+/t19-/m1/s1. The third kappa shape index (κ3) is 5.20. The molecule has 0 bridgehead atoms. The largest absolute Gasteiger partial charge is 0.379 e. The maximum atomic E-state index is 14.5. The highest BCUT2D eigenvalue weighted by atomic mass is 35.5. The van der Waals surface area contributed by atoms with Gasteiger partial charge < -0.3 is 20.1 Å². The Morgan fingerprint density at radius 2 is 2.11 bits per heavy atom. The van der Waals surface area contributed by atoms with Gasteiger partial charge in [0.15, 0.2) is 5.67 Å². The summed E-state index contributed by atoms with van der Waals surface area (Å²) in [6.07, 6.45) is 4.94. The lowest BCUT2D eigenvalue weighted by atomic mass is 9.75. The lowest BCUT2D eigenvalue weighted by Gasteiger charge is -2.41. The number of nitrogens with two attached hydrogens (primary N) is 1. The van der Waals surface area contributed by atoms with Crippen LogP contribution in [0.1, 0.15) is 19.8 Å². The van der Waals surface area contributed by atoms with Crippen LogP contribution in [0, 0.1) is 5.41 Å². The van der Waals surface area contributed by atoms with Gasteiger partial charge in [-0.05, 0) is 38.6 Å². The molecule has 3 saturated heterocycles. The van der Waals surface area contributed by atoms with E-state index in [-0.39, 0.29) is 41.6 Å². The number of piperidine rings is 1. The zero-order valence-electron chi connectivity index (χ0n) is 20.7. The number of nitrogens with zero attached hydrogens (tertiary/aromatic N) is 5. The molecule has 0 aliphatic carbocycles. The minimum Gasteiger partial charge on any atom is -0.379 e. The summed E-state index contributed by atoms with van der Waals surface area (Å²) in [6, 6.07) is 3.58. The highest BCUT2D eigenvalue weighted by Crippen LogP contribution is 2.39. The smallest absolute Gasteiger partial charge is 0.262 e. The minimum absolute atomic E-state index is 0.0412. The second-order valence-corrected chi connectivity index (χ2v) is 11.4. The van der Waals surface area contributed by atoms with Crippen LogP contribution in [0.4, 0.5) is 4.39 Å². The molecular formula is C25H30ClFN6O3S. The van der Waals surface area contributed by atoms with E-state index in [0.29, 0.717) is 22.0 Å². The Morgan fingerprint density at radius 1 is 1.35 bits per heavy atom. The van der Waals surface area contributed by atoms with Crippen molar-refractivity contribution in [1.29, 1.82) is 0 Å². The van der Waals surface area contributed by atoms with Gasteiger partial charge in [-0.25, -0.2) is 14.4 Å². The van der Waals surface area contributed by atoms with Crippen LogP contribution >= 0.6 is 23.4 Å². The van der Waals surface area contributed by atoms with E-state index in [4.69, 9.17) is 26.8 Å². The summed E-state index contributed by atoms with van der Waals surface area (Å²) in [6.45, 7) is 8.51. The van der Waals surface area contributed by atoms with Crippen LogP contribution in [-0.4, -0.2) is 78.2 Å². The maximum Gasteiger partial charge on any atom is 0.262 e. The third-order valence-corrected chi connectivity index (χ3v) is 9.00. The summed E-state index contributed by atoms with van der Waals surface area (Å²) < 4.78 is 26.4. The van der Waals surface area contributed by atoms with Gasteiger partial charge in [0.2, 0.25) is 0 Å². The van der Waals surface area contributed by atoms with Gasteiger partial charge in [0.05, 0.1) is 61.4 Å². The molecule has 3 aliphatic heterocycles. The van der Waals surface area contributed by atoms with Gasteiger partial charge in [-0.15, -0.1) is 0 Å². The van der Waals surface area contributed by atoms with Crippen LogP contribution in [0.2, 0.25) is 5.02 Å². The molecule has 2 aromatic rings. The van der Waals surface area contributed by atoms with Gasteiger partial charge in [-0.2, -0.15) is 0 Å². The van der Waals surface area contributed by atoms with Crippen molar-refractivity contribution in [3.8, 4) is 0 Å². The Morgan fingerprint density at radius 3 is 2.73 bits per heavy atom. The number of benzene rings is 1. The number of amidine groups is 1. The summed E-state index contributed by atoms with van der Waals surface area (Å²) in [5.41, 5.74) is 4.84. The van der Waals surface area contributed by atoms with Gasteiger partial charge in [0.1, 0.15) is 10.9 Å². The molecule has 0 unspecified atom stereocenters. The van der Waals surface area contributed by atoms with Crippen molar-refractivity contribution in [2.45, 2.75) is 42.9 Å². The van der Waals surface area contributed by atoms with Crippen LogP contribution < -0.4 is 11.3 Å². The zero-order valence-corrected chi connectivity index (χ0v) is 22.2. The van der Waals surface area contributed by atoms with Crippen LogP contribution in [0.5, 0.6) is 0 Å². The summed E-state index contributed by atoms with van der Waals surface area (Å²) in [4.78, 5) is 29.0. The summed E-state index contributed by atoms with van der Waals surface area (Å²) >= 11 is 7.90. The molecule has 5 rings (SSSR count). The molecule has 4 heterocycles. The average Bonchev–Trinajstić information content (AvgIpc) is 3.22. The number of halogens is 2. The number of fused-ring (bicyclic) bond motifs is 1. The Labute approximate surface area is 223 Å². The van der Waals surface area contributed by atoms with E-state index in [1.54, 1.807) is 18.3 Å². The molecule has 1 atom stereocenters. The number of ether oxygens (including phenoxy) is 2. The number of likely N-dealkylation sites (tertiary alicyclic amines) is 1. The molecule has 9 nitrogen and oxygen atoms in total. The van der Waals surface area contributed by atoms with E-state index in [9.17, 15) is 9.18 Å². The quantitative estimate of drug-likeness (QED) is 0.335. The SMILES string of the molecule is C=N/C(=C\N=C(/C)N1CCC2(CC1)COC[C@H]2N)Sc1ccc2ncn(CC3(F)COC3)c(=O)c2c1Cl. The fraction of sp³-hybridized carbons (Fsp3) is 0.520. The second kappa shape index (κ2) is 10.5. The number of hydrogen-bond acceptors (Lipinski definition) is 8. The van der Waals surface area contributed by atoms with Crippen molar-refractivity contribution in [2.24, 2.45) is 21.1 Å². The maximum absolute atomic E-state index is 14.5. The van der Waals surface area contributed by atoms with Crippen LogP contribution in [0.3, 0.4) is 0 Å². The minimum atomic E-state index is -1.57. The number of aliphatic imine (C=N–C) groups is 2. The van der Waals surface area contributed by atoms with Gasteiger partial charge in [-0.1, -0.05) is 23.4 Å². The third-order valence-electron chi connectivity index (χ3n) is 7.49. The highest BCUT2D eigenvalue weighted by molar-refractivity contribution is 8.03. The van der Waals surface area contributed by atoms with E-state index >= 15 is 0 Å². The topological polar surface area (TPSA) is 107 Å². The lowest BCUT2D eigenvalue weighted by molar-refractivity contribution is -0.137. The summed E-state index contributed by atoms with van der Waals surface area (Å²) in [7, 11) is 0. The Balaban J connectivity index is 1.32. The van der Waals surface area contributed by atoms with Crippen LogP contribution in [-0.2, 0) is 16.0 Å². The molecule has 12 heteroatoms. The number of hydrogen-bond donors (Lipinski definition) is 1. The molecule has 0 radical (unpaired) electrons. The number of thioether (sulfide) groups is 1. The van der Waals surface area contributed by atoms with Gasteiger partial charge in [-0.3, -0.25) is 14.4 Å². The predicted molar refractivity (Wildman–Crippen MR) is 144 cm³/mol. The average molecular weight is 549 g/mol. The summed E-state index contributed by atoms with van der Waals surface area (Å²) in [5.74, 6) is 0.876. The Hall–Kier alpha value is -2.31. The molecule has 198 valence electrons. The Bertz CT molecular complexity index is 1320. The number of alkyl halides is 1. The highest BCUT2D eigenvalue weighted by Gasteiger charge is 2.44. The first-order valence-corrected chi connectivity index (χ1v) is 13.3. The zero-order chi connectivity index (χ0) is 26.2. The number of rotatable bonds is 6. The van der Waals surface area contributed by atoms with Gasteiger partial charge >= 0.3 is 0 Å². The lowest BCUT2D eigenvalue weighted by Crippen LogP contribution is -2.50. The predicted octanol–water partition coefficient (Wildman–Crippen LogP) is 3.24. The fourth-order valence-corrected chi connectivity index (χ4v) is 6.08. The molecule has 3 aliphatic rings. The van der Waals surface area contributed by atoms with E-state index < -0.39 is 11.2 Å². The van der Waals surface area contributed by atoms with Crippen molar-refractivity contribution in [3.63, 3.8) is 0 Å².